The van der Waals surface area contributed by atoms with Crippen LogP contribution < -0.4 is 10.6 Å². The largest absolute Gasteiger partial charge is 0.356 e. The van der Waals surface area contributed by atoms with Gasteiger partial charge >= 0.3 is 0 Å². The number of carbonyl (C=O) groups excluding carboxylic acids is 2. The fourth-order valence-corrected chi connectivity index (χ4v) is 3.21. The Morgan fingerprint density at radius 1 is 1.24 bits per heavy atom. The Hall–Kier alpha value is -1.59. The smallest absolute Gasteiger partial charge is 0.241 e. The van der Waals surface area contributed by atoms with Crippen molar-refractivity contribution in [1.29, 1.82) is 0 Å². The number of likely N-dealkylation sites (tertiary alicyclic amines) is 1. The monoisotopic (exact) mass is 365 g/mol. The van der Waals surface area contributed by atoms with E-state index >= 15 is 0 Å². The Bertz CT molecular complexity index is 606. The first-order valence-corrected chi connectivity index (χ1v) is 9.33. The lowest BCUT2D eigenvalue weighted by atomic mass is 9.96. The van der Waals surface area contributed by atoms with Crippen LogP contribution in [0.2, 0.25) is 5.02 Å². The van der Waals surface area contributed by atoms with Crippen LogP contribution in [0.25, 0.3) is 0 Å². The lowest BCUT2D eigenvalue weighted by molar-refractivity contribution is -0.125. The molecule has 0 radical (unpaired) electrons. The standard InChI is InChI=1S/C19H28ClN3O2/c1-13(2)18(24)21-11-15-7-6-10-23(12-15)14(3)19(25)22-17-9-5-4-8-16(17)20/h4-5,8-9,13-15H,6-7,10-12H2,1-3H3,(H,21,24)(H,22,25). The number of hydrogen-bond donors (Lipinski definition) is 2. The number of hydrogen-bond acceptors (Lipinski definition) is 3. The summed E-state index contributed by atoms with van der Waals surface area (Å²) in [7, 11) is 0. The second kappa shape index (κ2) is 9.20. The summed E-state index contributed by atoms with van der Waals surface area (Å²) in [6.07, 6.45) is 2.11. The van der Waals surface area contributed by atoms with Crippen LogP contribution in [0.4, 0.5) is 5.69 Å². The van der Waals surface area contributed by atoms with E-state index in [0.717, 1.165) is 25.9 Å². The van der Waals surface area contributed by atoms with Crippen molar-refractivity contribution in [3.05, 3.63) is 29.3 Å². The van der Waals surface area contributed by atoms with E-state index in [1.54, 1.807) is 12.1 Å². The van der Waals surface area contributed by atoms with E-state index in [1.807, 2.05) is 32.9 Å². The van der Waals surface area contributed by atoms with Gasteiger partial charge in [0.15, 0.2) is 0 Å². The second-order valence-electron chi connectivity index (χ2n) is 7.05. The maximum Gasteiger partial charge on any atom is 0.241 e. The molecule has 1 fully saturated rings. The number of anilines is 1. The molecule has 0 aliphatic carbocycles. The van der Waals surface area contributed by atoms with E-state index in [4.69, 9.17) is 11.6 Å². The van der Waals surface area contributed by atoms with Crippen LogP contribution >= 0.6 is 11.6 Å². The van der Waals surface area contributed by atoms with Crippen LogP contribution in [-0.4, -0.2) is 42.4 Å². The summed E-state index contributed by atoms with van der Waals surface area (Å²) in [5.74, 6) is 0.411. The van der Waals surface area contributed by atoms with Crippen LogP contribution in [-0.2, 0) is 9.59 Å². The molecule has 0 aromatic heterocycles. The highest BCUT2D eigenvalue weighted by Gasteiger charge is 2.28. The van der Waals surface area contributed by atoms with Gasteiger partial charge in [0.2, 0.25) is 11.8 Å². The maximum atomic E-state index is 12.5. The van der Waals surface area contributed by atoms with Crippen LogP contribution in [0.3, 0.4) is 0 Å². The first-order chi connectivity index (χ1) is 11.9. The molecule has 0 bridgehead atoms. The summed E-state index contributed by atoms with van der Waals surface area (Å²) in [5.41, 5.74) is 0.638. The van der Waals surface area contributed by atoms with Crippen molar-refractivity contribution in [2.24, 2.45) is 11.8 Å². The van der Waals surface area contributed by atoms with Gasteiger partial charge in [-0.15, -0.1) is 0 Å². The molecule has 5 nitrogen and oxygen atoms in total. The molecule has 2 N–H and O–H groups in total. The number of para-hydroxylation sites is 1. The normalized spacial score (nSPS) is 19.5. The first-order valence-electron chi connectivity index (χ1n) is 8.95. The SMILES string of the molecule is CC(C)C(=O)NCC1CCCN(C(C)C(=O)Nc2ccccc2Cl)C1. The molecule has 1 saturated heterocycles. The predicted octanol–water partition coefficient (Wildman–Crippen LogP) is 3.15. The summed E-state index contributed by atoms with van der Waals surface area (Å²) >= 11 is 6.11. The molecule has 2 atom stereocenters. The van der Waals surface area contributed by atoms with Gasteiger partial charge in [-0.05, 0) is 44.4 Å². The molecule has 25 heavy (non-hydrogen) atoms. The maximum absolute atomic E-state index is 12.5. The molecule has 1 aliphatic heterocycles. The quantitative estimate of drug-likeness (QED) is 0.814. The summed E-state index contributed by atoms with van der Waals surface area (Å²) < 4.78 is 0. The van der Waals surface area contributed by atoms with Crippen molar-refractivity contribution in [2.75, 3.05) is 25.0 Å². The van der Waals surface area contributed by atoms with Crippen molar-refractivity contribution in [3.8, 4) is 0 Å². The van der Waals surface area contributed by atoms with Crippen molar-refractivity contribution in [3.63, 3.8) is 0 Å². The molecule has 0 saturated carbocycles. The highest BCUT2D eigenvalue weighted by Crippen LogP contribution is 2.22. The van der Waals surface area contributed by atoms with Crippen molar-refractivity contribution < 1.29 is 9.59 Å². The summed E-state index contributed by atoms with van der Waals surface area (Å²) in [6, 6.07) is 7.01. The zero-order valence-corrected chi connectivity index (χ0v) is 16.0. The minimum Gasteiger partial charge on any atom is -0.356 e. The Morgan fingerprint density at radius 2 is 1.96 bits per heavy atom. The van der Waals surface area contributed by atoms with E-state index in [-0.39, 0.29) is 23.8 Å². The van der Waals surface area contributed by atoms with Gasteiger partial charge in [0.05, 0.1) is 16.8 Å². The molecule has 1 aromatic carbocycles. The molecular formula is C19H28ClN3O2. The zero-order chi connectivity index (χ0) is 18.4. The number of rotatable bonds is 6. The number of benzene rings is 1. The number of nitrogens with zero attached hydrogens (tertiary/aromatic N) is 1. The van der Waals surface area contributed by atoms with Crippen LogP contribution in [0.15, 0.2) is 24.3 Å². The van der Waals surface area contributed by atoms with Crippen LogP contribution in [0.5, 0.6) is 0 Å². The summed E-state index contributed by atoms with van der Waals surface area (Å²) in [4.78, 5) is 26.5. The molecule has 2 amide bonds. The van der Waals surface area contributed by atoms with Crippen molar-refractivity contribution in [1.82, 2.24) is 10.2 Å². The summed E-state index contributed by atoms with van der Waals surface area (Å²) in [5, 5.41) is 6.45. The molecule has 0 spiro atoms. The molecule has 138 valence electrons. The molecule has 6 heteroatoms. The lowest BCUT2D eigenvalue weighted by Crippen LogP contribution is -2.49. The molecule has 1 heterocycles. The van der Waals surface area contributed by atoms with Gasteiger partial charge < -0.3 is 10.6 Å². The minimum atomic E-state index is -0.236. The lowest BCUT2D eigenvalue weighted by Gasteiger charge is -2.36. The number of halogens is 1. The highest BCUT2D eigenvalue weighted by atomic mass is 35.5. The summed E-state index contributed by atoms with van der Waals surface area (Å²) in [6.45, 7) is 8.09. The van der Waals surface area contributed by atoms with Gasteiger partial charge in [0.25, 0.3) is 0 Å². The van der Waals surface area contributed by atoms with Gasteiger partial charge in [-0.3, -0.25) is 14.5 Å². The minimum absolute atomic E-state index is 0.0000148. The average molecular weight is 366 g/mol. The van der Waals surface area contributed by atoms with E-state index in [9.17, 15) is 9.59 Å². The third-order valence-electron chi connectivity index (χ3n) is 4.70. The molecule has 1 aromatic rings. The fourth-order valence-electron chi connectivity index (χ4n) is 3.03. The van der Waals surface area contributed by atoms with Gasteiger partial charge in [0.1, 0.15) is 0 Å². The van der Waals surface area contributed by atoms with Crippen LogP contribution in [0, 0.1) is 11.8 Å². The number of piperidine rings is 1. The molecule has 2 unspecified atom stereocenters. The second-order valence-corrected chi connectivity index (χ2v) is 7.46. The van der Waals surface area contributed by atoms with Crippen LogP contribution in [0.1, 0.15) is 33.6 Å². The van der Waals surface area contributed by atoms with E-state index < -0.39 is 0 Å². The van der Waals surface area contributed by atoms with Crippen molar-refractivity contribution >= 4 is 29.1 Å². The van der Waals surface area contributed by atoms with Crippen molar-refractivity contribution in [2.45, 2.75) is 39.7 Å². The zero-order valence-electron chi connectivity index (χ0n) is 15.2. The highest BCUT2D eigenvalue weighted by molar-refractivity contribution is 6.33. The number of nitrogens with one attached hydrogen (secondary N) is 2. The molecular weight excluding hydrogens is 338 g/mol. The molecule has 2 rings (SSSR count). The van der Waals surface area contributed by atoms with Gasteiger partial charge in [-0.1, -0.05) is 37.6 Å². The predicted molar refractivity (Wildman–Crippen MR) is 102 cm³/mol. The van der Waals surface area contributed by atoms with E-state index in [2.05, 4.69) is 15.5 Å². The Labute approximate surface area is 155 Å². The number of amides is 2. The third-order valence-corrected chi connectivity index (χ3v) is 5.03. The van der Waals surface area contributed by atoms with Gasteiger partial charge in [-0.25, -0.2) is 0 Å². The fraction of sp³-hybridized carbons (Fsp3) is 0.579. The van der Waals surface area contributed by atoms with E-state index in [0.29, 0.717) is 23.2 Å². The third kappa shape index (κ3) is 5.72. The molecule has 1 aliphatic rings. The Balaban J connectivity index is 1.88. The first kappa shape index (κ1) is 19.7. The number of carbonyl (C=O) groups is 2. The average Bonchev–Trinajstić information content (AvgIpc) is 2.61. The topological polar surface area (TPSA) is 61.4 Å². The van der Waals surface area contributed by atoms with Gasteiger partial charge in [-0.2, -0.15) is 0 Å². The Morgan fingerprint density at radius 3 is 2.64 bits per heavy atom. The van der Waals surface area contributed by atoms with Gasteiger partial charge in [0, 0.05) is 19.0 Å². The van der Waals surface area contributed by atoms with E-state index in [1.165, 1.54) is 0 Å². The Kier molecular flexibility index (Phi) is 7.26.